The molecule has 0 bridgehead atoms. The molecular weight excluding hydrogens is 288 g/mol. The molecule has 0 aliphatic heterocycles. The number of nitro groups is 1. The highest BCUT2D eigenvalue weighted by atomic mass is 79.9. The second-order valence-corrected chi connectivity index (χ2v) is 4.48. The highest BCUT2D eigenvalue weighted by molar-refractivity contribution is 9.10. The van der Waals surface area contributed by atoms with Gasteiger partial charge in [-0.3, -0.25) is 10.1 Å². The Bertz CT molecular complexity index is 398. The lowest BCUT2D eigenvalue weighted by atomic mass is 10.2. The van der Waals surface area contributed by atoms with Gasteiger partial charge in [-0.15, -0.1) is 0 Å². The molecule has 1 aromatic carbocycles. The summed E-state index contributed by atoms with van der Waals surface area (Å²) in [5.74, 6) is 0. The molecule has 6 heteroatoms. The highest BCUT2D eigenvalue weighted by Crippen LogP contribution is 2.27. The number of benzene rings is 1. The van der Waals surface area contributed by atoms with Gasteiger partial charge in [0, 0.05) is 23.7 Å². The monoisotopic (exact) mass is 302 g/mol. The molecule has 1 N–H and O–H groups in total. The summed E-state index contributed by atoms with van der Waals surface area (Å²) in [4.78, 5) is 10.4. The van der Waals surface area contributed by atoms with Crippen molar-refractivity contribution in [3.05, 3.63) is 32.8 Å². The number of nitrogens with zero attached hydrogens (tertiary/aromatic N) is 1. The van der Waals surface area contributed by atoms with Crippen LogP contribution in [0.4, 0.5) is 11.4 Å². The molecule has 1 atom stereocenters. The van der Waals surface area contributed by atoms with Crippen LogP contribution in [-0.2, 0) is 4.74 Å². The van der Waals surface area contributed by atoms with E-state index in [4.69, 9.17) is 4.74 Å². The number of anilines is 1. The Kier molecular flexibility index (Phi) is 5.37. The molecule has 0 aromatic heterocycles. The van der Waals surface area contributed by atoms with Gasteiger partial charge < -0.3 is 10.1 Å². The van der Waals surface area contributed by atoms with Crippen molar-refractivity contribution in [2.45, 2.75) is 20.0 Å². The van der Waals surface area contributed by atoms with Crippen molar-refractivity contribution < 1.29 is 9.66 Å². The van der Waals surface area contributed by atoms with Gasteiger partial charge in [0.1, 0.15) is 5.69 Å². The molecule has 5 nitrogen and oxygen atoms in total. The van der Waals surface area contributed by atoms with E-state index in [-0.39, 0.29) is 11.8 Å². The van der Waals surface area contributed by atoms with Crippen molar-refractivity contribution in [3.63, 3.8) is 0 Å². The summed E-state index contributed by atoms with van der Waals surface area (Å²) in [5.41, 5.74) is 0.563. The summed E-state index contributed by atoms with van der Waals surface area (Å²) in [6.07, 6.45) is 0.0126. The van der Waals surface area contributed by atoms with Crippen molar-refractivity contribution >= 4 is 27.3 Å². The Hall–Kier alpha value is -1.14. The standard InChI is InChI=1S/C11H15BrN2O3/c1-3-17-8(2)7-13-10-6-9(12)4-5-11(10)14(15)16/h4-6,8,13H,3,7H2,1-2H3/t8-/m1/s1. The predicted molar refractivity (Wildman–Crippen MR) is 70.4 cm³/mol. The van der Waals surface area contributed by atoms with E-state index >= 15 is 0 Å². The van der Waals surface area contributed by atoms with E-state index in [1.165, 1.54) is 6.07 Å². The smallest absolute Gasteiger partial charge is 0.292 e. The molecule has 94 valence electrons. The van der Waals surface area contributed by atoms with Crippen molar-refractivity contribution in [1.82, 2.24) is 0 Å². The number of hydrogen-bond donors (Lipinski definition) is 1. The Morgan fingerprint density at radius 1 is 1.59 bits per heavy atom. The zero-order chi connectivity index (χ0) is 12.8. The Balaban J connectivity index is 2.75. The molecule has 0 fully saturated rings. The van der Waals surface area contributed by atoms with Crippen molar-refractivity contribution in [2.75, 3.05) is 18.5 Å². The molecule has 0 radical (unpaired) electrons. The van der Waals surface area contributed by atoms with Crippen molar-refractivity contribution in [2.24, 2.45) is 0 Å². The third-order valence-corrected chi connectivity index (χ3v) is 2.68. The number of nitrogens with one attached hydrogen (secondary N) is 1. The number of halogens is 1. The van der Waals surface area contributed by atoms with Gasteiger partial charge in [0.25, 0.3) is 5.69 Å². The van der Waals surface area contributed by atoms with E-state index in [1.807, 2.05) is 13.8 Å². The van der Waals surface area contributed by atoms with Crippen molar-refractivity contribution in [3.8, 4) is 0 Å². The Labute approximate surface area is 108 Å². The number of hydrogen-bond acceptors (Lipinski definition) is 4. The van der Waals surface area contributed by atoms with Gasteiger partial charge in [-0.1, -0.05) is 15.9 Å². The molecule has 1 aromatic rings. The average molecular weight is 303 g/mol. The van der Waals surface area contributed by atoms with Crippen LogP contribution < -0.4 is 5.32 Å². The average Bonchev–Trinajstić information content (AvgIpc) is 2.26. The third-order valence-electron chi connectivity index (χ3n) is 2.19. The predicted octanol–water partition coefficient (Wildman–Crippen LogP) is 3.19. The maximum absolute atomic E-state index is 10.8. The van der Waals surface area contributed by atoms with E-state index < -0.39 is 4.92 Å². The van der Waals surface area contributed by atoms with Crippen LogP contribution in [0.2, 0.25) is 0 Å². The van der Waals surface area contributed by atoms with Gasteiger partial charge in [-0.05, 0) is 26.0 Å². The maximum atomic E-state index is 10.8. The third kappa shape index (κ3) is 4.32. The van der Waals surface area contributed by atoms with E-state index in [1.54, 1.807) is 12.1 Å². The van der Waals surface area contributed by atoms with E-state index in [0.29, 0.717) is 18.8 Å². The molecule has 0 heterocycles. The van der Waals surface area contributed by atoms with Gasteiger partial charge in [-0.2, -0.15) is 0 Å². The van der Waals surface area contributed by atoms with E-state index in [2.05, 4.69) is 21.2 Å². The van der Waals surface area contributed by atoms with Crippen LogP contribution >= 0.6 is 15.9 Å². The normalized spacial score (nSPS) is 12.2. The first-order valence-electron chi connectivity index (χ1n) is 5.34. The summed E-state index contributed by atoms with van der Waals surface area (Å²) in [6.45, 7) is 4.99. The molecule has 0 amide bonds. The van der Waals surface area contributed by atoms with Gasteiger partial charge >= 0.3 is 0 Å². The van der Waals surface area contributed by atoms with Crippen LogP contribution in [0.1, 0.15) is 13.8 Å². The van der Waals surface area contributed by atoms with E-state index in [0.717, 1.165) is 4.47 Å². The van der Waals surface area contributed by atoms with Crippen LogP contribution in [0.25, 0.3) is 0 Å². The first-order valence-corrected chi connectivity index (χ1v) is 6.13. The quantitative estimate of drug-likeness (QED) is 0.647. The van der Waals surface area contributed by atoms with Crippen LogP contribution in [0, 0.1) is 10.1 Å². The lowest BCUT2D eigenvalue weighted by Crippen LogP contribution is -2.20. The summed E-state index contributed by atoms with van der Waals surface area (Å²) in [7, 11) is 0. The molecule has 0 saturated heterocycles. The summed E-state index contributed by atoms with van der Waals surface area (Å²) < 4.78 is 6.15. The van der Waals surface area contributed by atoms with Gasteiger partial charge in [0.15, 0.2) is 0 Å². The van der Waals surface area contributed by atoms with Crippen LogP contribution in [-0.4, -0.2) is 24.2 Å². The van der Waals surface area contributed by atoms with Crippen molar-refractivity contribution in [1.29, 1.82) is 0 Å². The van der Waals surface area contributed by atoms with E-state index in [9.17, 15) is 10.1 Å². The number of rotatable bonds is 6. The summed E-state index contributed by atoms with van der Waals surface area (Å²) >= 11 is 3.29. The zero-order valence-electron chi connectivity index (χ0n) is 9.77. The zero-order valence-corrected chi connectivity index (χ0v) is 11.4. The molecule has 17 heavy (non-hydrogen) atoms. The SMILES string of the molecule is CCO[C@H](C)CNc1cc(Br)ccc1[N+](=O)[O-]. The largest absolute Gasteiger partial charge is 0.377 e. The molecule has 0 saturated carbocycles. The summed E-state index contributed by atoms with van der Waals surface area (Å²) in [6, 6.07) is 4.81. The molecule has 0 aliphatic carbocycles. The van der Waals surface area contributed by atoms with Crippen LogP contribution in [0.5, 0.6) is 0 Å². The van der Waals surface area contributed by atoms with Gasteiger partial charge in [-0.25, -0.2) is 0 Å². The fraction of sp³-hybridized carbons (Fsp3) is 0.455. The van der Waals surface area contributed by atoms with Crippen LogP contribution in [0.15, 0.2) is 22.7 Å². The molecule has 0 aliphatic rings. The molecular formula is C11H15BrN2O3. The molecule has 0 unspecified atom stereocenters. The minimum Gasteiger partial charge on any atom is -0.377 e. The second kappa shape index (κ2) is 6.56. The van der Waals surface area contributed by atoms with Crippen LogP contribution in [0.3, 0.4) is 0 Å². The minimum atomic E-state index is -0.403. The topological polar surface area (TPSA) is 64.4 Å². The first-order chi connectivity index (χ1) is 8.04. The first kappa shape index (κ1) is 13.9. The number of ether oxygens (including phenoxy) is 1. The Morgan fingerprint density at radius 3 is 2.88 bits per heavy atom. The second-order valence-electron chi connectivity index (χ2n) is 3.57. The molecule has 0 spiro atoms. The lowest BCUT2D eigenvalue weighted by Gasteiger charge is -2.13. The lowest BCUT2D eigenvalue weighted by molar-refractivity contribution is -0.384. The minimum absolute atomic E-state index is 0.0126. The number of nitro benzene ring substituents is 1. The maximum Gasteiger partial charge on any atom is 0.292 e. The Morgan fingerprint density at radius 2 is 2.29 bits per heavy atom. The fourth-order valence-corrected chi connectivity index (χ4v) is 1.77. The fourth-order valence-electron chi connectivity index (χ4n) is 1.41. The highest BCUT2D eigenvalue weighted by Gasteiger charge is 2.14. The van der Waals surface area contributed by atoms with Gasteiger partial charge in [0.2, 0.25) is 0 Å². The molecule has 1 rings (SSSR count). The summed E-state index contributed by atoms with van der Waals surface area (Å²) in [5, 5.41) is 13.8. The van der Waals surface area contributed by atoms with Gasteiger partial charge in [0.05, 0.1) is 11.0 Å².